The molecule has 0 aliphatic heterocycles. The third-order valence-electron chi connectivity index (χ3n) is 5.10. The minimum Gasteiger partial charge on any atom is -0.462 e. The van der Waals surface area contributed by atoms with Gasteiger partial charge in [-0.05, 0) is 63.1 Å². The zero-order valence-corrected chi connectivity index (χ0v) is 18.9. The molecule has 0 spiro atoms. The molecular formula is C25H24N4O4. The Labute approximate surface area is 191 Å². The molecule has 0 radical (unpaired) electrons. The van der Waals surface area contributed by atoms with Crippen molar-refractivity contribution in [2.24, 2.45) is 0 Å². The summed E-state index contributed by atoms with van der Waals surface area (Å²) in [5.74, 6) is 0.329. The molecule has 33 heavy (non-hydrogen) atoms. The van der Waals surface area contributed by atoms with Gasteiger partial charge in [-0.1, -0.05) is 29.8 Å². The standard InChI is InChI=1S/C25H24N4O4/c1-5-32-24(30)20-14-26-29(23(20)28-25(31)33-18-9-7-6-8-10-18)21-13-16(3)19-12-15(2)11-17(4)22(19)27-21/h6-14H,5H2,1-4H3,(H,28,31). The van der Waals surface area contributed by atoms with Crippen LogP contribution in [0.5, 0.6) is 5.75 Å². The first-order valence-corrected chi connectivity index (χ1v) is 10.6. The number of aromatic nitrogens is 3. The molecule has 4 rings (SSSR count). The second kappa shape index (κ2) is 9.12. The van der Waals surface area contributed by atoms with Crippen molar-refractivity contribution >= 4 is 28.8 Å². The highest BCUT2D eigenvalue weighted by Crippen LogP contribution is 2.27. The second-order valence-electron chi connectivity index (χ2n) is 7.64. The molecule has 0 saturated carbocycles. The minimum atomic E-state index is -0.766. The topological polar surface area (TPSA) is 95.3 Å². The fraction of sp³-hybridized carbons (Fsp3) is 0.200. The number of aryl methyl sites for hydroxylation is 3. The monoisotopic (exact) mass is 444 g/mol. The van der Waals surface area contributed by atoms with Crippen molar-refractivity contribution in [1.82, 2.24) is 14.8 Å². The number of ether oxygens (including phenoxy) is 2. The third kappa shape index (κ3) is 4.55. The molecule has 0 saturated heterocycles. The number of hydrogen-bond donors (Lipinski definition) is 1. The number of carbonyl (C=O) groups excluding carboxylic acids is 2. The summed E-state index contributed by atoms with van der Waals surface area (Å²) < 4.78 is 11.9. The van der Waals surface area contributed by atoms with Crippen LogP contribution in [-0.4, -0.2) is 33.4 Å². The zero-order chi connectivity index (χ0) is 23.5. The van der Waals surface area contributed by atoms with Crippen molar-refractivity contribution in [3.63, 3.8) is 0 Å². The highest BCUT2D eigenvalue weighted by molar-refractivity contribution is 5.99. The van der Waals surface area contributed by atoms with Crippen LogP contribution >= 0.6 is 0 Å². The summed E-state index contributed by atoms with van der Waals surface area (Å²) in [6.45, 7) is 7.91. The van der Waals surface area contributed by atoms with E-state index in [-0.39, 0.29) is 18.0 Å². The van der Waals surface area contributed by atoms with Gasteiger partial charge in [-0.3, -0.25) is 5.32 Å². The van der Waals surface area contributed by atoms with Gasteiger partial charge in [0.05, 0.1) is 18.3 Å². The molecule has 0 bridgehead atoms. The van der Waals surface area contributed by atoms with E-state index < -0.39 is 12.1 Å². The van der Waals surface area contributed by atoms with Crippen molar-refractivity contribution in [2.75, 3.05) is 11.9 Å². The van der Waals surface area contributed by atoms with Gasteiger partial charge in [0.25, 0.3) is 0 Å². The lowest BCUT2D eigenvalue weighted by atomic mass is 10.0. The van der Waals surface area contributed by atoms with E-state index in [0.29, 0.717) is 11.6 Å². The van der Waals surface area contributed by atoms with E-state index in [1.54, 1.807) is 31.2 Å². The van der Waals surface area contributed by atoms with Gasteiger partial charge in [-0.15, -0.1) is 0 Å². The Kier molecular flexibility index (Phi) is 6.08. The number of benzene rings is 2. The molecule has 168 valence electrons. The molecular weight excluding hydrogens is 420 g/mol. The smallest absolute Gasteiger partial charge is 0.418 e. The van der Waals surface area contributed by atoms with E-state index in [4.69, 9.17) is 14.5 Å². The van der Waals surface area contributed by atoms with Crippen LogP contribution in [-0.2, 0) is 4.74 Å². The molecule has 0 aliphatic carbocycles. The molecule has 0 aliphatic rings. The van der Waals surface area contributed by atoms with Crippen LogP contribution in [0.15, 0.2) is 54.7 Å². The summed E-state index contributed by atoms with van der Waals surface area (Å²) in [4.78, 5) is 29.9. The van der Waals surface area contributed by atoms with Crippen LogP contribution in [0.25, 0.3) is 16.7 Å². The maximum Gasteiger partial charge on any atom is 0.418 e. The van der Waals surface area contributed by atoms with Gasteiger partial charge in [0.1, 0.15) is 11.3 Å². The lowest BCUT2D eigenvalue weighted by molar-refractivity contribution is 0.0527. The number of esters is 1. The molecule has 4 aromatic rings. The molecule has 1 amide bonds. The third-order valence-corrected chi connectivity index (χ3v) is 5.10. The average molecular weight is 444 g/mol. The van der Waals surface area contributed by atoms with E-state index >= 15 is 0 Å². The van der Waals surface area contributed by atoms with Crippen molar-refractivity contribution in [1.29, 1.82) is 0 Å². The fourth-order valence-corrected chi connectivity index (χ4v) is 3.65. The zero-order valence-electron chi connectivity index (χ0n) is 18.9. The molecule has 2 heterocycles. The Morgan fingerprint density at radius 2 is 1.79 bits per heavy atom. The van der Waals surface area contributed by atoms with Gasteiger partial charge in [0, 0.05) is 5.39 Å². The molecule has 1 N–H and O–H groups in total. The number of pyridine rings is 1. The highest BCUT2D eigenvalue weighted by atomic mass is 16.6. The first-order valence-electron chi connectivity index (χ1n) is 10.6. The van der Waals surface area contributed by atoms with Gasteiger partial charge < -0.3 is 9.47 Å². The minimum absolute atomic E-state index is 0.0991. The number of anilines is 1. The molecule has 2 aromatic carbocycles. The fourth-order valence-electron chi connectivity index (χ4n) is 3.65. The van der Waals surface area contributed by atoms with Crippen LogP contribution in [0.1, 0.15) is 34.0 Å². The largest absolute Gasteiger partial charge is 0.462 e. The molecule has 0 fully saturated rings. The first-order chi connectivity index (χ1) is 15.9. The van der Waals surface area contributed by atoms with Crippen molar-refractivity contribution in [2.45, 2.75) is 27.7 Å². The van der Waals surface area contributed by atoms with E-state index in [2.05, 4.69) is 22.5 Å². The van der Waals surface area contributed by atoms with Crippen LogP contribution in [0.3, 0.4) is 0 Å². The quantitative estimate of drug-likeness (QED) is 0.429. The predicted molar refractivity (Wildman–Crippen MR) is 125 cm³/mol. The highest BCUT2D eigenvalue weighted by Gasteiger charge is 2.23. The molecule has 0 atom stereocenters. The number of fused-ring (bicyclic) bond motifs is 1. The van der Waals surface area contributed by atoms with Crippen LogP contribution in [0.2, 0.25) is 0 Å². The van der Waals surface area contributed by atoms with Crippen molar-refractivity contribution in [3.8, 4) is 11.6 Å². The normalized spacial score (nSPS) is 10.8. The van der Waals surface area contributed by atoms with E-state index in [0.717, 1.165) is 27.6 Å². The molecule has 8 nitrogen and oxygen atoms in total. The summed E-state index contributed by atoms with van der Waals surface area (Å²) >= 11 is 0. The lowest BCUT2D eigenvalue weighted by Crippen LogP contribution is -2.21. The molecule has 8 heteroatoms. The molecule has 2 aromatic heterocycles. The maximum atomic E-state index is 12.6. The van der Waals surface area contributed by atoms with Gasteiger partial charge in [-0.2, -0.15) is 9.78 Å². The summed E-state index contributed by atoms with van der Waals surface area (Å²) in [7, 11) is 0. The Morgan fingerprint density at radius 1 is 1.03 bits per heavy atom. The summed E-state index contributed by atoms with van der Waals surface area (Å²) in [5.41, 5.74) is 4.08. The Balaban J connectivity index is 1.78. The number of carbonyl (C=O) groups is 2. The van der Waals surface area contributed by atoms with Crippen molar-refractivity contribution in [3.05, 3.63) is 77.0 Å². The maximum absolute atomic E-state index is 12.6. The van der Waals surface area contributed by atoms with E-state index in [1.165, 1.54) is 10.9 Å². The SMILES string of the molecule is CCOC(=O)c1cnn(-c2cc(C)c3cc(C)cc(C)c3n2)c1NC(=O)Oc1ccccc1. The Hall–Kier alpha value is -4.20. The summed E-state index contributed by atoms with van der Waals surface area (Å²) in [6.07, 6.45) is 0.581. The van der Waals surface area contributed by atoms with E-state index in [1.807, 2.05) is 32.9 Å². The molecule has 0 unspecified atom stereocenters. The first kappa shape index (κ1) is 22.0. The predicted octanol–water partition coefficient (Wildman–Crippen LogP) is 5.13. The van der Waals surface area contributed by atoms with E-state index in [9.17, 15) is 9.59 Å². The van der Waals surface area contributed by atoms with Gasteiger partial charge in [0.15, 0.2) is 11.6 Å². The second-order valence-corrected chi connectivity index (χ2v) is 7.64. The van der Waals surface area contributed by atoms with Gasteiger partial charge in [-0.25, -0.2) is 14.6 Å². The number of hydrogen-bond acceptors (Lipinski definition) is 6. The lowest BCUT2D eigenvalue weighted by Gasteiger charge is -2.13. The Bertz CT molecular complexity index is 1350. The summed E-state index contributed by atoms with van der Waals surface area (Å²) in [6, 6.07) is 14.6. The van der Waals surface area contributed by atoms with Crippen LogP contribution in [0, 0.1) is 20.8 Å². The number of nitrogens with one attached hydrogen (secondary N) is 1. The summed E-state index contributed by atoms with van der Waals surface area (Å²) in [5, 5.41) is 8.00. The number of nitrogens with zero attached hydrogens (tertiary/aromatic N) is 3. The number of para-hydroxylation sites is 1. The van der Waals surface area contributed by atoms with Gasteiger partial charge >= 0.3 is 12.1 Å². The van der Waals surface area contributed by atoms with Crippen molar-refractivity contribution < 1.29 is 19.1 Å². The number of amides is 1. The van der Waals surface area contributed by atoms with Crippen LogP contribution in [0.4, 0.5) is 10.6 Å². The van der Waals surface area contributed by atoms with Gasteiger partial charge in [0.2, 0.25) is 0 Å². The number of rotatable bonds is 5. The van der Waals surface area contributed by atoms with Crippen LogP contribution < -0.4 is 10.1 Å². The Morgan fingerprint density at radius 3 is 2.52 bits per heavy atom. The average Bonchev–Trinajstić information content (AvgIpc) is 3.18.